The van der Waals surface area contributed by atoms with E-state index in [4.69, 9.17) is 10.2 Å². The molecular formula is C23H48O4. The number of carboxylic acids is 1. The zero-order valence-corrected chi connectivity index (χ0v) is 18.6. The smallest absolute Gasteiger partial charge is 0.306 e. The Morgan fingerprint density at radius 3 is 1.30 bits per heavy atom. The lowest BCUT2D eigenvalue weighted by Gasteiger charge is -2.16. The lowest BCUT2D eigenvalue weighted by Crippen LogP contribution is -2.20. The molecule has 0 spiro atoms. The molecule has 0 aliphatic carbocycles. The van der Waals surface area contributed by atoms with Gasteiger partial charge >= 0.3 is 5.97 Å². The van der Waals surface area contributed by atoms with E-state index in [1.165, 1.54) is 64.2 Å². The van der Waals surface area contributed by atoms with Crippen LogP contribution in [-0.2, 0) is 4.79 Å². The summed E-state index contributed by atoms with van der Waals surface area (Å²) in [5.74, 6) is -0.668. The van der Waals surface area contributed by atoms with Crippen LogP contribution in [0.3, 0.4) is 0 Å². The standard InChI is InChI=1S/C18H36O2.C5H12O2/c1-3-5-7-9-10-12-14-16-17(18(19)20)15-13-11-8-6-4-2;1-5(2,3-6)4-7/h17H,3-16H2,1-2H3,(H,19,20);6-7H,3-4H2,1-2H3. The summed E-state index contributed by atoms with van der Waals surface area (Å²) >= 11 is 0. The molecule has 0 aromatic carbocycles. The highest BCUT2D eigenvalue weighted by Crippen LogP contribution is 2.19. The number of aliphatic hydroxyl groups is 2. The molecule has 1 atom stereocenters. The molecule has 0 rings (SSSR count). The number of hydrogen-bond donors (Lipinski definition) is 3. The van der Waals surface area contributed by atoms with Crippen LogP contribution in [0.4, 0.5) is 0 Å². The first-order valence-corrected chi connectivity index (χ1v) is 11.3. The van der Waals surface area contributed by atoms with E-state index in [1.807, 2.05) is 0 Å². The predicted octanol–water partition coefficient (Wildman–Crippen LogP) is 6.19. The zero-order valence-electron chi connectivity index (χ0n) is 18.6. The second-order valence-electron chi connectivity index (χ2n) is 8.63. The van der Waals surface area contributed by atoms with Crippen LogP contribution in [-0.4, -0.2) is 34.5 Å². The third-order valence-electron chi connectivity index (χ3n) is 5.02. The molecule has 0 aliphatic rings. The zero-order chi connectivity index (χ0) is 21.0. The minimum Gasteiger partial charge on any atom is -0.481 e. The Labute approximate surface area is 168 Å². The van der Waals surface area contributed by atoms with Crippen molar-refractivity contribution in [3.05, 3.63) is 0 Å². The van der Waals surface area contributed by atoms with E-state index in [1.54, 1.807) is 13.8 Å². The maximum absolute atomic E-state index is 11.2. The Morgan fingerprint density at radius 2 is 1.04 bits per heavy atom. The summed E-state index contributed by atoms with van der Waals surface area (Å²) in [6.07, 6.45) is 16.8. The number of aliphatic carboxylic acids is 1. The van der Waals surface area contributed by atoms with Crippen molar-refractivity contribution in [3.63, 3.8) is 0 Å². The second-order valence-corrected chi connectivity index (χ2v) is 8.63. The Kier molecular flexibility index (Phi) is 21.3. The van der Waals surface area contributed by atoms with Crippen LogP contribution in [0.2, 0.25) is 0 Å². The number of unbranched alkanes of at least 4 members (excludes halogenated alkanes) is 10. The largest absolute Gasteiger partial charge is 0.481 e. The summed E-state index contributed by atoms with van der Waals surface area (Å²) in [5.41, 5.74) is -0.306. The fraction of sp³-hybridized carbons (Fsp3) is 0.957. The van der Waals surface area contributed by atoms with E-state index < -0.39 is 5.97 Å². The first-order chi connectivity index (χ1) is 12.8. The summed E-state index contributed by atoms with van der Waals surface area (Å²) in [6, 6.07) is 0. The molecule has 0 saturated heterocycles. The van der Waals surface area contributed by atoms with E-state index in [-0.39, 0.29) is 24.5 Å². The average molecular weight is 389 g/mol. The molecule has 1 unspecified atom stereocenters. The molecule has 4 heteroatoms. The molecule has 0 bridgehead atoms. The normalized spacial score (nSPS) is 12.4. The highest BCUT2D eigenvalue weighted by Gasteiger charge is 2.16. The molecule has 164 valence electrons. The Hall–Kier alpha value is -0.610. The van der Waals surface area contributed by atoms with Crippen molar-refractivity contribution in [2.24, 2.45) is 11.3 Å². The Balaban J connectivity index is 0. The molecular weight excluding hydrogens is 340 g/mol. The average Bonchev–Trinajstić information content (AvgIpc) is 2.65. The third-order valence-corrected chi connectivity index (χ3v) is 5.02. The van der Waals surface area contributed by atoms with Crippen LogP contribution in [0.25, 0.3) is 0 Å². The van der Waals surface area contributed by atoms with Gasteiger partial charge in [-0.05, 0) is 12.8 Å². The van der Waals surface area contributed by atoms with Crippen molar-refractivity contribution in [1.82, 2.24) is 0 Å². The molecule has 3 N–H and O–H groups in total. The van der Waals surface area contributed by atoms with Gasteiger partial charge in [0.1, 0.15) is 0 Å². The van der Waals surface area contributed by atoms with Gasteiger partial charge < -0.3 is 15.3 Å². The number of carbonyl (C=O) groups is 1. The van der Waals surface area contributed by atoms with Crippen molar-refractivity contribution in [2.75, 3.05) is 13.2 Å². The van der Waals surface area contributed by atoms with Gasteiger partial charge in [-0.25, -0.2) is 0 Å². The monoisotopic (exact) mass is 388 g/mol. The van der Waals surface area contributed by atoms with Crippen LogP contribution in [0, 0.1) is 11.3 Å². The van der Waals surface area contributed by atoms with Gasteiger partial charge in [-0.15, -0.1) is 0 Å². The number of aliphatic hydroxyl groups excluding tert-OH is 2. The van der Waals surface area contributed by atoms with Crippen molar-refractivity contribution in [2.45, 2.75) is 118 Å². The molecule has 0 aromatic rings. The van der Waals surface area contributed by atoms with Crippen LogP contribution in [0.5, 0.6) is 0 Å². The summed E-state index contributed by atoms with van der Waals surface area (Å²) in [7, 11) is 0. The Bertz CT molecular complexity index is 310. The van der Waals surface area contributed by atoms with Gasteiger partial charge in [0.25, 0.3) is 0 Å². The van der Waals surface area contributed by atoms with Gasteiger partial charge in [-0.1, -0.05) is 105 Å². The first kappa shape index (κ1) is 28.6. The van der Waals surface area contributed by atoms with Crippen molar-refractivity contribution in [3.8, 4) is 0 Å². The first-order valence-electron chi connectivity index (χ1n) is 11.3. The predicted molar refractivity (Wildman–Crippen MR) is 115 cm³/mol. The summed E-state index contributed by atoms with van der Waals surface area (Å²) in [6.45, 7) is 8.13. The van der Waals surface area contributed by atoms with E-state index in [0.29, 0.717) is 0 Å². The summed E-state index contributed by atoms with van der Waals surface area (Å²) in [5, 5.41) is 26.1. The van der Waals surface area contributed by atoms with Gasteiger partial charge in [0.15, 0.2) is 0 Å². The number of hydrogen-bond acceptors (Lipinski definition) is 3. The van der Waals surface area contributed by atoms with Crippen LogP contribution in [0.15, 0.2) is 0 Å². The van der Waals surface area contributed by atoms with E-state index in [9.17, 15) is 9.90 Å². The minimum absolute atomic E-state index is 0.0451. The fourth-order valence-corrected chi connectivity index (χ4v) is 2.78. The van der Waals surface area contributed by atoms with Crippen molar-refractivity contribution >= 4 is 5.97 Å². The van der Waals surface area contributed by atoms with Gasteiger partial charge in [0, 0.05) is 5.41 Å². The lowest BCUT2D eigenvalue weighted by atomic mass is 9.94. The van der Waals surface area contributed by atoms with Gasteiger partial charge in [-0.3, -0.25) is 4.79 Å². The maximum atomic E-state index is 11.2. The van der Waals surface area contributed by atoms with E-state index >= 15 is 0 Å². The molecule has 0 fully saturated rings. The molecule has 0 heterocycles. The van der Waals surface area contributed by atoms with E-state index in [0.717, 1.165) is 25.7 Å². The van der Waals surface area contributed by atoms with Crippen molar-refractivity contribution < 1.29 is 20.1 Å². The molecule has 0 saturated carbocycles. The van der Waals surface area contributed by atoms with E-state index in [2.05, 4.69) is 13.8 Å². The lowest BCUT2D eigenvalue weighted by molar-refractivity contribution is -0.142. The quantitative estimate of drug-likeness (QED) is 0.260. The summed E-state index contributed by atoms with van der Waals surface area (Å²) in [4.78, 5) is 11.2. The second kappa shape index (κ2) is 20.1. The molecule has 0 aromatic heterocycles. The molecule has 0 amide bonds. The number of rotatable bonds is 17. The van der Waals surface area contributed by atoms with Crippen LogP contribution < -0.4 is 0 Å². The topological polar surface area (TPSA) is 77.8 Å². The van der Waals surface area contributed by atoms with Gasteiger partial charge in [-0.2, -0.15) is 0 Å². The summed E-state index contributed by atoms with van der Waals surface area (Å²) < 4.78 is 0. The molecule has 27 heavy (non-hydrogen) atoms. The molecule has 0 aliphatic heterocycles. The third kappa shape index (κ3) is 21.5. The Morgan fingerprint density at radius 1 is 0.704 bits per heavy atom. The highest BCUT2D eigenvalue weighted by molar-refractivity contribution is 5.69. The van der Waals surface area contributed by atoms with Gasteiger partial charge in [0.05, 0.1) is 19.1 Å². The van der Waals surface area contributed by atoms with Crippen LogP contribution in [0.1, 0.15) is 118 Å². The highest BCUT2D eigenvalue weighted by atomic mass is 16.4. The maximum Gasteiger partial charge on any atom is 0.306 e. The van der Waals surface area contributed by atoms with Crippen LogP contribution >= 0.6 is 0 Å². The fourth-order valence-electron chi connectivity index (χ4n) is 2.78. The van der Waals surface area contributed by atoms with Crippen molar-refractivity contribution in [1.29, 1.82) is 0 Å². The molecule has 4 nitrogen and oxygen atoms in total. The molecule has 0 radical (unpaired) electrons. The minimum atomic E-state index is -0.577. The number of carboxylic acid groups (broad SMARTS) is 1. The SMILES string of the molecule is CC(C)(CO)CO.CCCCCCCCCC(CCCCCCC)C(=O)O. The van der Waals surface area contributed by atoms with Gasteiger partial charge in [0.2, 0.25) is 0 Å².